The van der Waals surface area contributed by atoms with Crippen molar-refractivity contribution in [1.82, 2.24) is 9.80 Å². The molecule has 1 aliphatic heterocycles. The average molecular weight is 336 g/mol. The van der Waals surface area contributed by atoms with E-state index in [1.807, 2.05) is 67.5 Å². The summed E-state index contributed by atoms with van der Waals surface area (Å²) in [4.78, 5) is 13.9. The van der Waals surface area contributed by atoms with Crippen molar-refractivity contribution in [2.24, 2.45) is 9.98 Å². The van der Waals surface area contributed by atoms with Crippen LogP contribution in [0.3, 0.4) is 0 Å². The van der Waals surface area contributed by atoms with E-state index >= 15 is 0 Å². The van der Waals surface area contributed by atoms with Gasteiger partial charge >= 0.3 is 0 Å². The third kappa shape index (κ3) is 4.67. The maximum Gasteiger partial charge on any atom is 0.228 e. The van der Waals surface area contributed by atoms with Crippen LogP contribution >= 0.6 is 0 Å². The Morgan fingerprint density at radius 3 is 2.12 bits per heavy atom. The topological polar surface area (TPSA) is 40.4 Å². The Bertz CT molecular complexity index is 720. The van der Waals surface area contributed by atoms with Gasteiger partial charge in [-0.25, -0.2) is 4.99 Å². The van der Waals surface area contributed by atoms with Crippen molar-refractivity contribution in [3.63, 3.8) is 0 Å². The lowest BCUT2D eigenvalue weighted by Gasteiger charge is -2.28. The van der Waals surface area contributed by atoms with Crippen molar-refractivity contribution in [1.29, 1.82) is 0 Å². The minimum atomic E-state index is 0.700. The average Bonchev–Trinajstić information content (AvgIpc) is 2.67. The number of hydrogen-bond donors (Lipinski definition) is 0. The normalized spacial score (nSPS) is 16.0. The zero-order chi connectivity index (χ0) is 17.5. The van der Waals surface area contributed by atoms with Gasteiger partial charge in [-0.3, -0.25) is 0 Å². The van der Waals surface area contributed by atoms with Crippen molar-refractivity contribution in [3.8, 4) is 0 Å². The summed E-state index contributed by atoms with van der Waals surface area (Å²) in [6.45, 7) is 2.99. The molecule has 5 heteroatoms. The van der Waals surface area contributed by atoms with Gasteiger partial charge in [-0.1, -0.05) is 48.5 Å². The van der Waals surface area contributed by atoms with E-state index in [0.29, 0.717) is 13.2 Å². The number of nitrogens with zero attached hydrogens (tertiary/aromatic N) is 4. The number of guanidine groups is 1. The van der Waals surface area contributed by atoms with Crippen LogP contribution in [0.4, 0.5) is 5.69 Å². The molecule has 0 radical (unpaired) electrons. The Morgan fingerprint density at radius 1 is 0.920 bits per heavy atom. The summed E-state index contributed by atoms with van der Waals surface area (Å²) in [6, 6.07) is 20.2. The lowest BCUT2D eigenvalue weighted by Crippen LogP contribution is -2.41. The fourth-order valence-corrected chi connectivity index (χ4v) is 2.65. The molecule has 3 rings (SSSR count). The molecule has 0 N–H and O–H groups in total. The van der Waals surface area contributed by atoms with E-state index in [9.17, 15) is 0 Å². The van der Waals surface area contributed by atoms with Crippen molar-refractivity contribution in [3.05, 3.63) is 66.2 Å². The molecule has 0 saturated carbocycles. The van der Waals surface area contributed by atoms with Crippen LogP contribution in [-0.4, -0.2) is 62.0 Å². The molecular weight excluding hydrogens is 312 g/mol. The predicted octanol–water partition coefficient (Wildman–Crippen LogP) is 3.01. The standard InChI is InChI=1S/C20H24N4O/c1-23(2)19(17-9-5-3-6-10-17)22-20(24-13-15-25-16-14-24)21-18-11-7-4-8-12-18/h3-12H,13-16H2,1-2H3. The first-order valence-electron chi connectivity index (χ1n) is 8.52. The highest BCUT2D eigenvalue weighted by molar-refractivity contribution is 6.05. The summed E-state index contributed by atoms with van der Waals surface area (Å²) in [5.74, 6) is 1.61. The van der Waals surface area contributed by atoms with E-state index in [2.05, 4.69) is 17.0 Å². The third-order valence-electron chi connectivity index (χ3n) is 3.94. The number of rotatable bonds is 2. The first-order valence-corrected chi connectivity index (χ1v) is 8.52. The van der Waals surface area contributed by atoms with Crippen LogP contribution in [0.2, 0.25) is 0 Å². The molecule has 1 fully saturated rings. The van der Waals surface area contributed by atoms with Crippen LogP contribution in [0, 0.1) is 0 Å². The smallest absolute Gasteiger partial charge is 0.228 e. The molecule has 2 aromatic rings. The molecule has 0 atom stereocenters. The minimum Gasteiger partial charge on any atom is -0.378 e. The van der Waals surface area contributed by atoms with E-state index in [4.69, 9.17) is 14.7 Å². The number of para-hydroxylation sites is 1. The van der Waals surface area contributed by atoms with E-state index in [-0.39, 0.29) is 0 Å². The van der Waals surface area contributed by atoms with E-state index in [1.165, 1.54) is 0 Å². The van der Waals surface area contributed by atoms with Gasteiger partial charge in [0.2, 0.25) is 5.96 Å². The lowest BCUT2D eigenvalue weighted by atomic mass is 10.2. The molecule has 0 spiro atoms. The van der Waals surface area contributed by atoms with Gasteiger partial charge < -0.3 is 14.5 Å². The SMILES string of the molecule is CN(C)C(=NC(=Nc1ccccc1)N1CCOCC1)c1ccccc1. The maximum atomic E-state index is 5.48. The zero-order valence-electron chi connectivity index (χ0n) is 14.8. The molecular formula is C20H24N4O. The number of hydrogen-bond acceptors (Lipinski definition) is 2. The van der Waals surface area contributed by atoms with Crippen LogP contribution in [-0.2, 0) is 4.74 Å². The number of benzene rings is 2. The summed E-state index contributed by atoms with van der Waals surface area (Å²) in [5, 5.41) is 0. The van der Waals surface area contributed by atoms with E-state index < -0.39 is 0 Å². The number of morpholine rings is 1. The molecule has 1 saturated heterocycles. The lowest BCUT2D eigenvalue weighted by molar-refractivity contribution is 0.0676. The first-order chi connectivity index (χ1) is 12.2. The number of amidine groups is 1. The monoisotopic (exact) mass is 336 g/mol. The Kier molecular flexibility index (Phi) is 5.80. The Hall–Kier alpha value is -2.66. The molecule has 0 aromatic heterocycles. The fraction of sp³-hybridized carbons (Fsp3) is 0.300. The molecule has 0 bridgehead atoms. The summed E-state index contributed by atoms with van der Waals surface area (Å²) in [6.07, 6.45) is 0. The van der Waals surface area contributed by atoms with Gasteiger partial charge in [0.1, 0.15) is 5.84 Å². The highest BCUT2D eigenvalue weighted by Gasteiger charge is 2.17. The second kappa shape index (κ2) is 8.44. The van der Waals surface area contributed by atoms with Gasteiger partial charge in [0.05, 0.1) is 18.9 Å². The first kappa shape index (κ1) is 17.2. The number of aliphatic imine (C=N–C) groups is 2. The quantitative estimate of drug-likeness (QED) is 0.625. The highest BCUT2D eigenvalue weighted by atomic mass is 16.5. The van der Waals surface area contributed by atoms with Crippen molar-refractivity contribution >= 4 is 17.5 Å². The largest absolute Gasteiger partial charge is 0.378 e. The second-order valence-corrected chi connectivity index (χ2v) is 6.04. The summed E-state index contributed by atoms with van der Waals surface area (Å²) in [7, 11) is 4.01. The van der Waals surface area contributed by atoms with Crippen molar-refractivity contribution in [2.75, 3.05) is 40.4 Å². The summed E-state index contributed by atoms with van der Waals surface area (Å²) >= 11 is 0. The van der Waals surface area contributed by atoms with Gasteiger partial charge in [-0.2, -0.15) is 4.99 Å². The van der Waals surface area contributed by atoms with Gasteiger partial charge in [0.25, 0.3) is 0 Å². The maximum absolute atomic E-state index is 5.48. The van der Waals surface area contributed by atoms with Crippen LogP contribution in [0.1, 0.15) is 5.56 Å². The number of ether oxygens (including phenoxy) is 1. The molecule has 1 heterocycles. The highest BCUT2D eigenvalue weighted by Crippen LogP contribution is 2.14. The second-order valence-electron chi connectivity index (χ2n) is 6.04. The molecule has 1 aliphatic rings. The molecule has 25 heavy (non-hydrogen) atoms. The summed E-state index contributed by atoms with van der Waals surface area (Å²) < 4.78 is 5.48. The molecule has 0 amide bonds. The van der Waals surface area contributed by atoms with Gasteiger partial charge in [0.15, 0.2) is 0 Å². The fourth-order valence-electron chi connectivity index (χ4n) is 2.65. The Balaban J connectivity index is 2.01. The van der Waals surface area contributed by atoms with Crippen LogP contribution in [0.25, 0.3) is 0 Å². The van der Waals surface area contributed by atoms with Crippen LogP contribution < -0.4 is 0 Å². The van der Waals surface area contributed by atoms with Gasteiger partial charge in [-0.15, -0.1) is 0 Å². The minimum absolute atomic E-state index is 0.700. The van der Waals surface area contributed by atoms with Crippen LogP contribution in [0.15, 0.2) is 70.6 Å². The Morgan fingerprint density at radius 2 is 1.52 bits per heavy atom. The predicted molar refractivity (Wildman–Crippen MR) is 103 cm³/mol. The molecule has 130 valence electrons. The molecule has 0 unspecified atom stereocenters. The van der Waals surface area contributed by atoms with Crippen molar-refractivity contribution in [2.45, 2.75) is 0 Å². The van der Waals surface area contributed by atoms with Crippen molar-refractivity contribution < 1.29 is 4.74 Å². The molecule has 2 aromatic carbocycles. The molecule has 0 aliphatic carbocycles. The van der Waals surface area contributed by atoms with E-state index in [0.717, 1.165) is 36.1 Å². The zero-order valence-corrected chi connectivity index (χ0v) is 14.8. The van der Waals surface area contributed by atoms with Gasteiger partial charge in [-0.05, 0) is 12.1 Å². The van der Waals surface area contributed by atoms with Crippen LogP contribution in [0.5, 0.6) is 0 Å². The third-order valence-corrected chi connectivity index (χ3v) is 3.94. The van der Waals surface area contributed by atoms with Gasteiger partial charge in [0, 0.05) is 32.7 Å². The summed E-state index contributed by atoms with van der Waals surface area (Å²) in [5.41, 5.74) is 1.97. The van der Waals surface area contributed by atoms with E-state index in [1.54, 1.807) is 0 Å². The molecule has 5 nitrogen and oxygen atoms in total. The Labute approximate surface area is 149 Å².